The second kappa shape index (κ2) is 5.67. The molecule has 0 aliphatic heterocycles. The van der Waals surface area contributed by atoms with Crippen LogP contribution in [0, 0.1) is 10.1 Å². The Morgan fingerprint density at radius 3 is 2.87 bits per heavy atom. The molecular weight excluding hydrogens is 304 g/mol. The van der Waals surface area contributed by atoms with Gasteiger partial charge in [-0.2, -0.15) is 0 Å². The third-order valence-electron chi connectivity index (χ3n) is 2.89. The molecule has 0 radical (unpaired) electrons. The van der Waals surface area contributed by atoms with Gasteiger partial charge >= 0.3 is 12.0 Å². The number of hydrogen-bond acceptors (Lipinski definition) is 7. The summed E-state index contributed by atoms with van der Waals surface area (Å²) < 4.78 is 6.50. The topological polar surface area (TPSA) is 139 Å². The SMILES string of the molecule is NC(=O)Cn1nc([N+](=O)[O-])nc1Oc1cccc2cccnc12. The van der Waals surface area contributed by atoms with Crippen LogP contribution < -0.4 is 10.5 Å². The molecule has 2 heterocycles. The van der Waals surface area contributed by atoms with Gasteiger partial charge in [-0.1, -0.05) is 18.2 Å². The molecule has 3 aromatic rings. The Hall–Kier alpha value is -3.56. The van der Waals surface area contributed by atoms with Crippen molar-refractivity contribution in [1.82, 2.24) is 19.7 Å². The Morgan fingerprint density at radius 2 is 2.13 bits per heavy atom. The molecule has 3 rings (SSSR count). The highest BCUT2D eigenvalue weighted by molar-refractivity contribution is 5.84. The first kappa shape index (κ1) is 14.4. The van der Waals surface area contributed by atoms with Crippen LogP contribution in [0.4, 0.5) is 5.95 Å². The minimum absolute atomic E-state index is 0.214. The zero-order valence-electron chi connectivity index (χ0n) is 11.6. The van der Waals surface area contributed by atoms with Crippen molar-refractivity contribution in [2.75, 3.05) is 0 Å². The summed E-state index contributed by atoms with van der Waals surface area (Å²) in [6.07, 6.45) is 1.59. The number of fused-ring (bicyclic) bond motifs is 1. The normalized spacial score (nSPS) is 10.6. The third-order valence-corrected chi connectivity index (χ3v) is 2.89. The van der Waals surface area contributed by atoms with Gasteiger partial charge < -0.3 is 20.6 Å². The zero-order valence-corrected chi connectivity index (χ0v) is 11.6. The predicted molar refractivity (Wildman–Crippen MR) is 77.7 cm³/mol. The number of ether oxygens (including phenoxy) is 1. The number of benzene rings is 1. The van der Waals surface area contributed by atoms with Crippen molar-refractivity contribution < 1.29 is 14.5 Å². The lowest BCUT2D eigenvalue weighted by molar-refractivity contribution is -0.394. The number of aromatic nitrogens is 4. The molecule has 0 saturated heterocycles. The molecule has 2 aromatic heterocycles. The van der Waals surface area contributed by atoms with E-state index in [1.807, 2.05) is 12.1 Å². The first-order valence-electron chi connectivity index (χ1n) is 6.44. The van der Waals surface area contributed by atoms with E-state index >= 15 is 0 Å². The van der Waals surface area contributed by atoms with Gasteiger partial charge in [0.2, 0.25) is 5.91 Å². The number of para-hydroxylation sites is 1. The Balaban J connectivity index is 2.04. The number of nitrogens with two attached hydrogens (primary N) is 1. The van der Waals surface area contributed by atoms with E-state index < -0.39 is 23.3 Å². The molecule has 0 aliphatic rings. The molecular formula is C13H10N6O4. The van der Waals surface area contributed by atoms with E-state index in [9.17, 15) is 14.9 Å². The van der Waals surface area contributed by atoms with Gasteiger partial charge in [0.25, 0.3) is 0 Å². The Morgan fingerprint density at radius 1 is 1.35 bits per heavy atom. The summed E-state index contributed by atoms with van der Waals surface area (Å²) in [7, 11) is 0. The van der Waals surface area contributed by atoms with E-state index in [0.29, 0.717) is 11.3 Å². The lowest BCUT2D eigenvalue weighted by atomic mass is 10.2. The molecule has 0 bridgehead atoms. The summed E-state index contributed by atoms with van der Waals surface area (Å²) in [6, 6.07) is 8.60. The van der Waals surface area contributed by atoms with Crippen LogP contribution in [0.2, 0.25) is 0 Å². The quantitative estimate of drug-likeness (QED) is 0.547. The number of carbonyl (C=O) groups excluding carboxylic acids is 1. The Kier molecular flexibility index (Phi) is 3.55. The minimum atomic E-state index is -0.786. The number of hydrogen-bond donors (Lipinski definition) is 1. The highest BCUT2D eigenvalue weighted by atomic mass is 16.6. The van der Waals surface area contributed by atoms with Crippen LogP contribution in [0.3, 0.4) is 0 Å². The first-order valence-corrected chi connectivity index (χ1v) is 6.44. The average molecular weight is 314 g/mol. The number of nitro groups is 1. The van der Waals surface area contributed by atoms with Crippen molar-refractivity contribution in [3.8, 4) is 11.8 Å². The molecule has 0 unspecified atom stereocenters. The van der Waals surface area contributed by atoms with Crippen LogP contribution in [-0.2, 0) is 11.3 Å². The molecule has 1 aromatic carbocycles. The van der Waals surface area contributed by atoms with Crippen LogP contribution in [0.5, 0.6) is 11.8 Å². The summed E-state index contributed by atoms with van der Waals surface area (Å²) in [4.78, 5) is 28.9. The van der Waals surface area contributed by atoms with Gasteiger partial charge in [0.1, 0.15) is 12.1 Å². The smallest absolute Gasteiger partial charge is 0.409 e. The summed E-state index contributed by atoms with van der Waals surface area (Å²) in [5, 5.41) is 15.2. The maximum Gasteiger partial charge on any atom is 0.494 e. The lowest BCUT2D eigenvalue weighted by Gasteiger charge is -2.05. The van der Waals surface area contributed by atoms with Crippen LogP contribution in [-0.4, -0.2) is 30.6 Å². The number of primary amides is 1. The van der Waals surface area contributed by atoms with Crippen molar-refractivity contribution in [3.63, 3.8) is 0 Å². The molecule has 23 heavy (non-hydrogen) atoms. The fourth-order valence-corrected chi connectivity index (χ4v) is 1.98. The van der Waals surface area contributed by atoms with E-state index in [1.165, 1.54) is 0 Å². The van der Waals surface area contributed by atoms with Crippen molar-refractivity contribution in [1.29, 1.82) is 0 Å². The van der Waals surface area contributed by atoms with E-state index in [-0.39, 0.29) is 6.01 Å². The number of amides is 1. The maximum absolute atomic E-state index is 11.1. The highest BCUT2D eigenvalue weighted by Crippen LogP contribution is 2.28. The molecule has 1 amide bonds. The van der Waals surface area contributed by atoms with E-state index in [2.05, 4.69) is 15.1 Å². The van der Waals surface area contributed by atoms with Gasteiger partial charge in [0, 0.05) is 16.7 Å². The molecule has 0 aliphatic carbocycles. The van der Waals surface area contributed by atoms with Gasteiger partial charge in [0.05, 0.1) is 0 Å². The van der Waals surface area contributed by atoms with Gasteiger partial charge in [-0.25, -0.2) is 0 Å². The molecule has 2 N–H and O–H groups in total. The maximum atomic E-state index is 11.1. The fraction of sp³-hybridized carbons (Fsp3) is 0.0769. The Bertz CT molecular complexity index is 901. The second-order valence-corrected chi connectivity index (χ2v) is 4.51. The predicted octanol–water partition coefficient (Wildman–Crippen LogP) is 1.01. The second-order valence-electron chi connectivity index (χ2n) is 4.51. The number of carbonyl (C=O) groups is 1. The van der Waals surface area contributed by atoms with Gasteiger partial charge in [0.15, 0.2) is 5.75 Å². The molecule has 0 fully saturated rings. The molecule has 116 valence electrons. The van der Waals surface area contributed by atoms with Gasteiger partial charge in [-0.15, -0.1) is 4.68 Å². The number of nitrogens with zero attached hydrogens (tertiary/aromatic N) is 5. The number of rotatable bonds is 5. The molecule has 0 spiro atoms. The molecule has 0 atom stereocenters. The fourth-order valence-electron chi connectivity index (χ4n) is 1.98. The third kappa shape index (κ3) is 2.90. The molecule has 10 nitrogen and oxygen atoms in total. The standard InChI is InChI=1S/C13H10N6O4/c14-10(20)7-18-13(16-12(17-18)19(21)22)23-9-5-1-3-8-4-2-6-15-11(8)9/h1-6H,7H2,(H2,14,20). The summed E-state index contributed by atoms with van der Waals surface area (Å²) in [5.74, 6) is -1.09. The van der Waals surface area contributed by atoms with Crippen molar-refractivity contribution >= 4 is 22.8 Å². The monoisotopic (exact) mass is 314 g/mol. The lowest BCUT2D eigenvalue weighted by Crippen LogP contribution is -2.20. The molecule has 10 heteroatoms. The largest absolute Gasteiger partial charge is 0.494 e. The summed E-state index contributed by atoms with van der Waals surface area (Å²) in [5.41, 5.74) is 5.64. The van der Waals surface area contributed by atoms with E-state index in [4.69, 9.17) is 10.5 Å². The first-order chi connectivity index (χ1) is 11.0. The van der Waals surface area contributed by atoms with Gasteiger partial charge in [-0.3, -0.25) is 9.78 Å². The van der Waals surface area contributed by atoms with E-state index in [0.717, 1.165) is 10.1 Å². The van der Waals surface area contributed by atoms with Crippen molar-refractivity contribution in [2.24, 2.45) is 5.73 Å². The highest BCUT2D eigenvalue weighted by Gasteiger charge is 2.25. The van der Waals surface area contributed by atoms with E-state index in [1.54, 1.807) is 24.4 Å². The van der Waals surface area contributed by atoms with Gasteiger partial charge in [-0.05, 0) is 22.0 Å². The molecule has 0 saturated carbocycles. The zero-order chi connectivity index (χ0) is 16.4. The minimum Gasteiger partial charge on any atom is -0.409 e. The Labute approximate surface area is 128 Å². The van der Waals surface area contributed by atoms with Crippen LogP contribution in [0.1, 0.15) is 0 Å². The van der Waals surface area contributed by atoms with Crippen LogP contribution in [0.15, 0.2) is 36.5 Å². The summed E-state index contributed by atoms with van der Waals surface area (Å²) in [6.45, 7) is -0.394. The number of pyridine rings is 1. The van der Waals surface area contributed by atoms with Crippen LogP contribution in [0.25, 0.3) is 10.9 Å². The van der Waals surface area contributed by atoms with Crippen molar-refractivity contribution in [3.05, 3.63) is 46.6 Å². The summed E-state index contributed by atoms with van der Waals surface area (Å²) >= 11 is 0. The van der Waals surface area contributed by atoms with Crippen LogP contribution >= 0.6 is 0 Å². The average Bonchev–Trinajstić information content (AvgIpc) is 2.90. The van der Waals surface area contributed by atoms with Crippen molar-refractivity contribution in [2.45, 2.75) is 6.54 Å².